The number of piperidine rings is 1. The molecule has 0 spiro atoms. The SMILES string of the molecule is O=C(c1nnn(-c2ccc(Cl)cc2)c1-c1ccc(Cl)cc1)N1C[C@@H]2C[C@@H](C1)c1cccc(=O)n1C2. The van der Waals surface area contributed by atoms with Crippen LogP contribution in [-0.2, 0) is 6.54 Å². The van der Waals surface area contributed by atoms with Gasteiger partial charge in [-0.25, -0.2) is 4.68 Å². The van der Waals surface area contributed by atoms with Gasteiger partial charge in [-0.1, -0.05) is 46.6 Å². The number of rotatable bonds is 3. The Morgan fingerprint density at radius 3 is 2.34 bits per heavy atom. The highest BCUT2D eigenvalue weighted by Gasteiger charge is 2.38. The van der Waals surface area contributed by atoms with Crippen molar-refractivity contribution in [1.29, 1.82) is 0 Å². The van der Waals surface area contributed by atoms with E-state index in [4.69, 9.17) is 23.2 Å². The molecule has 2 atom stereocenters. The summed E-state index contributed by atoms with van der Waals surface area (Å²) >= 11 is 12.2. The second-order valence-corrected chi connectivity index (χ2v) is 9.96. The average Bonchev–Trinajstić information content (AvgIpc) is 3.30. The fraction of sp³-hybridized carbons (Fsp3) is 0.231. The van der Waals surface area contributed by atoms with E-state index in [2.05, 4.69) is 10.3 Å². The molecule has 0 N–H and O–H groups in total. The van der Waals surface area contributed by atoms with Crippen molar-refractivity contribution in [3.05, 3.63) is 98.5 Å². The minimum absolute atomic E-state index is 0.0212. The first-order chi connectivity index (χ1) is 17.0. The fourth-order valence-corrected chi connectivity index (χ4v) is 5.52. The van der Waals surface area contributed by atoms with Gasteiger partial charge < -0.3 is 9.47 Å². The maximum Gasteiger partial charge on any atom is 0.276 e. The lowest BCUT2D eigenvalue weighted by atomic mass is 9.83. The van der Waals surface area contributed by atoms with Crippen LogP contribution in [0.5, 0.6) is 0 Å². The van der Waals surface area contributed by atoms with Crippen molar-refractivity contribution in [2.75, 3.05) is 13.1 Å². The van der Waals surface area contributed by atoms with Crippen molar-refractivity contribution in [1.82, 2.24) is 24.5 Å². The van der Waals surface area contributed by atoms with Gasteiger partial charge in [-0.2, -0.15) is 0 Å². The zero-order valence-corrected chi connectivity index (χ0v) is 20.2. The highest BCUT2D eigenvalue weighted by Crippen LogP contribution is 2.36. The van der Waals surface area contributed by atoms with Crippen LogP contribution >= 0.6 is 23.2 Å². The molecule has 2 bridgehead atoms. The van der Waals surface area contributed by atoms with E-state index in [0.717, 1.165) is 23.4 Å². The molecule has 0 radical (unpaired) electrons. The molecule has 176 valence electrons. The van der Waals surface area contributed by atoms with Gasteiger partial charge in [-0.15, -0.1) is 5.10 Å². The standard InChI is InChI=1S/C26H21Cl2N5O2/c27-19-6-4-17(5-7-19)25-24(29-30-33(25)21-10-8-20(28)9-11-21)26(35)31-13-16-12-18(15-31)22-2-1-3-23(34)32(22)14-16/h1-11,16,18H,12-15H2/t16-,18-/m0/s1. The maximum atomic E-state index is 13.9. The zero-order chi connectivity index (χ0) is 24.1. The topological polar surface area (TPSA) is 73.0 Å². The number of likely N-dealkylation sites (tertiary alicyclic amines) is 1. The predicted octanol–water partition coefficient (Wildman–Crippen LogP) is 4.66. The summed E-state index contributed by atoms with van der Waals surface area (Å²) in [7, 11) is 0. The highest BCUT2D eigenvalue weighted by molar-refractivity contribution is 6.30. The van der Waals surface area contributed by atoms with Gasteiger partial charge in [0.25, 0.3) is 11.5 Å². The molecule has 2 aromatic heterocycles. The molecule has 4 heterocycles. The quantitative estimate of drug-likeness (QED) is 0.405. The summed E-state index contributed by atoms with van der Waals surface area (Å²) in [6.45, 7) is 1.73. The molecule has 9 heteroatoms. The summed E-state index contributed by atoms with van der Waals surface area (Å²) in [5.41, 5.74) is 3.43. The number of carbonyl (C=O) groups is 1. The molecule has 0 unspecified atom stereocenters. The van der Waals surface area contributed by atoms with Gasteiger partial charge in [0.1, 0.15) is 5.69 Å². The van der Waals surface area contributed by atoms with Gasteiger partial charge >= 0.3 is 0 Å². The van der Waals surface area contributed by atoms with E-state index in [1.54, 1.807) is 41.1 Å². The second kappa shape index (κ2) is 8.66. The fourth-order valence-electron chi connectivity index (χ4n) is 5.27. The third-order valence-corrected chi connectivity index (χ3v) is 7.33. The first kappa shape index (κ1) is 22.1. The van der Waals surface area contributed by atoms with Crippen molar-refractivity contribution >= 4 is 29.1 Å². The summed E-state index contributed by atoms with van der Waals surface area (Å²) in [5, 5.41) is 9.90. The Morgan fingerprint density at radius 1 is 0.886 bits per heavy atom. The van der Waals surface area contributed by atoms with Crippen LogP contribution in [-0.4, -0.2) is 43.5 Å². The van der Waals surface area contributed by atoms with E-state index < -0.39 is 0 Å². The number of pyridine rings is 1. The number of carbonyl (C=O) groups excluding carboxylic acids is 1. The Kier molecular flexibility index (Phi) is 5.46. The lowest BCUT2D eigenvalue weighted by Gasteiger charge is -2.42. The van der Waals surface area contributed by atoms with Crippen molar-refractivity contribution in [3.63, 3.8) is 0 Å². The smallest absolute Gasteiger partial charge is 0.276 e. The van der Waals surface area contributed by atoms with Crippen LogP contribution in [0, 0.1) is 5.92 Å². The van der Waals surface area contributed by atoms with Crippen LogP contribution in [0.25, 0.3) is 16.9 Å². The zero-order valence-electron chi connectivity index (χ0n) is 18.6. The largest absolute Gasteiger partial charge is 0.336 e. The Morgan fingerprint density at radius 2 is 1.60 bits per heavy atom. The van der Waals surface area contributed by atoms with Crippen molar-refractivity contribution < 1.29 is 4.79 Å². The Hall–Kier alpha value is -3.42. The van der Waals surface area contributed by atoms with Crippen molar-refractivity contribution in [2.24, 2.45) is 5.92 Å². The van der Waals surface area contributed by atoms with E-state index in [1.165, 1.54) is 0 Å². The predicted molar refractivity (Wildman–Crippen MR) is 134 cm³/mol. The van der Waals surface area contributed by atoms with Gasteiger partial charge in [-0.3, -0.25) is 9.59 Å². The van der Waals surface area contributed by atoms with Crippen molar-refractivity contribution in [2.45, 2.75) is 18.9 Å². The van der Waals surface area contributed by atoms with Gasteiger partial charge in [0, 0.05) is 52.9 Å². The Labute approximate surface area is 211 Å². The van der Waals surface area contributed by atoms with Crippen LogP contribution in [0.4, 0.5) is 0 Å². The molecule has 0 aliphatic carbocycles. The normalized spacial score (nSPS) is 18.9. The second-order valence-electron chi connectivity index (χ2n) is 9.09. The lowest BCUT2D eigenvalue weighted by Crippen LogP contribution is -2.49. The molecule has 2 aliphatic heterocycles. The maximum absolute atomic E-state index is 13.9. The van der Waals surface area contributed by atoms with Crippen LogP contribution in [0.1, 0.15) is 28.5 Å². The van der Waals surface area contributed by atoms with E-state index in [0.29, 0.717) is 35.4 Å². The summed E-state index contributed by atoms with van der Waals surface area (Å²) < 4.78 is 3.52. The molecule has 0 saturated carbocycles. The van der Waals surface area contributed by atoms with E-state index in [-0.39, 0.29) is 29.0 Å². The average molecular weight is 506 g/mol. The number of nitrogens with zero attached hydrogens (tertiary/aromatic N) is 5. The third-order valence-electron chi connectivity index (χ3n) is 6.83. The molecule has 35 heavy (non-hydrogen) atoms. The summed E-state index contributed by atoms with van der Waals surface area (Å²) in [6, 6.07) is 19.9. The number of hydrogen-bond donors (Lipinski definition) is 0. The molecule has 7 nitrogen and oxygen atoms in total. The third kappa shape index (κ3) is 3.94. The van der Waals surface area contributed by atoms with Gasteiger partial charge in [-0.05, 0) is 54.8 Å². The van der Waals surface area contributed by atoms with E-state index in [9.17, 15) is 9.59 Å². The minimum Gasteiger partial charge on any atom is -0.336 e. The number of benzene rings is 2. The summed E-state index contributed by atoms with van der Waals surface area (Å²) in [5.74, 6) is 0.165. The summed E-state index contributed by atoms with van der Waals surface area (Å²) in [4.78, 5) is 28.1. The Balaban J connectivity index is 1.40. The molecule has 1 fully saturated rings. The van der Waals surface area contributed by atoms with E-state index >= 15 is 0 Å². The lowest BCUT2D eigenvalue weighted by molar-refractivity contribution is 0.0589. The van der Waals surface area contributed by atoms with Crippen molar-refractivity contribution in [3.8, 4) is 16.9 Å². The van der Waals surface area contributed by atoms with E-state index in [1.807, 2.05) is 39.8 Å². The van der Waals surface area contributed by atoms with Crippen LogP contribution in [0.2, 0.25) is 10.0 Å². The molecule has 1 saturated heterocycles. The highest BCUT2D eigenvalue weighted by atomic mass is 35.5. The molecule has 2 aliphatic rings. The van der Waals surface area contributed by atoms with Gasteiger partial charge in [0.2, 0.25) is 0 Å². The first-order valence-electron chi connectivity index (χ1n) is 11.4. The number of halogens is 2. The van der Waals surface area contributed by atoms with Crippen LogP contribution < -0.4 is 5.56 Å². The first-order valence-corrected chi connectivity index (χ1v) is 12.2. The number of amides is 1. The Bertz CT molecular complexity index is 1480. The minimum atomic E-state index is -0.170. The molecule has 2 aromatic carbocycles. The van der Waals surface area contributed by atoms with Gasteiger partial charge in [0.05, 0.1) is 5.69 Å². The van der Waals surface area contributed by atoms with Crippen LogP contribution in [0.3, 0.4) is 0 Å². The number of fused-ring (bicyclic) bond motifs is 4. The summed E-state index contributed by atoms with van der Waals surface area (Å²) in [6.07, 6.45) is 0.967. The monoisotopic (exact) mass is 505 g/mol. The molecule has 1 amide bonds. The molecular formula is C26H21Cl2N5O2. The van der Waals surface area contributed by atoms with Crippen LogP contribution in [0.15, 0.2) is 71.5 Å². The number of aromatic nitrogens is 4. The molecule has 6 rings (SSSR count). The molecular weight excluding hydrogens is 485 g/mol. The number of hydrogen-bond acceptors (Lipinski definition) is 4. The van der Waals surface area contributed by atoms with Gasteiger partial charge in [0.15, 0.2) is 5.69 Å². The molecule has 4 aromatic rings.